The molecule has 94 valence electrons. The summed E-state index contributed by atoms with van der Waals surface area (Å²) in [6.45, 7) is 2.18. The minimum atomic E-state index is 0.278. The number of benzene rings is 2. The van der Waals surface area contributed by atoms with Gasteiger partial charge in [0.2, 0.25) is 0 Å². The van der Waals surface area contributed by atoms with Gasteiger partial charge in [0.15, 0.2) is 0 Å². The van der Waals surface area contributed by atoms with Crippen LogP contribution in [0.3, 0.4) is 0 Å². The van der Waals surface area contributed by atoms with Crippen LogP contribution in [0.15, 0.2) is 67.0 Å². The van der Waals surface area contributed by atoms with Crippen LogP contribution in [0, 0.1) is 0 Å². The van der Waals surface area contributed by atoms with E-state index in [1.54, 1.807) is 0 Å². The quantitative estimate of drug-likeness (QED) is 0.742. The molecule has 2 heteroatoms. The number of aromatic nitrogens is 1. The van der Waals surface area contributed by atoms with Crippen molar-refractivity contribution in [2.24, 2.45) is 0 Å². The van der Waals surface area contributed by atoms with E-state index >= 15 is 0 Å². The molecule has 2 nitrogen and oxygen atoms in total. The maximum absolute atomic E-state index is 4.16. The van der Waals surface area contributed by atoms with Gasteiger partial charge in [-0.05, 0) is 24.6 Å². The van der Waals surface area contributed by atoms with Crippen molar-refractivity contribution in [2.75, 3.05) is 5.32 Å². The number of rotatable bonds is 3. The van der Waals surface area contributed by atoms with Crippen molar-refractivity contribution in [3.63, 3.8) is 0 Å². The monoisotopic (exact) mass is 248 g/mol. The molecule has 0 radical (unpaired) electrons. The molecule has 3 rings (SSSR count). The lowest BCUT2D eigenvalue weighted by molar-refractivity contribution is 0.887. The van der Waals surface area contributed by atoms with Gasteiger partial charge in [-0.25, -0.2) is 0 Å². The first kappa shape index (κ1) is 11.7. The van der Waals surface area contributed by atoms with Crippen LogP contribution in [0.4, 0.5) is 5.69 Å². The summed E-state index contributed by atoms with van der Waals surface area (Å²) in [4.78, 5) is 4.16. The van der Waals surface area contributed by atoms with Crippen LogP contribution in [0.5, 0.6) is 0 Å². The molecule has 1 atom stereocenters. The van der Waals surface area contributed by atoms with Crippen LogP contribution >= 0.6 is 0 Å². The minimum absolute atomic E-state index is 0.278. The lowest BCUT2D eigenvalue weighted by atomic mass is 10.1. The summed E-state index contributed by atoms with van der Waals surface area (Å²) in [5.41, 5.74) is 2.44. The Morgan fingerprint density at radius 3 is 2.63 bits per heavy atom. The Balaban J connectivity index is 1.94. The van der Waals surface area contributed by atoms with E-state index in [1.165, 1.54) is 10.9 Å². The molecule has 0 aliphatic carbocycles. The summed E-state index contributed by atoms with van der Waals surface area (Å²) in [5.74, 6) is 0. The zero-order valence-electron chi connectivity index (χ0n) is 10.9. The number of nitrogens with zero attached hydrogens (tertiary/aromatic N) is 1. The third kappa shape index (κ3) is 2.43. The van der Waals surface area contributed by atoms with E-state index in [0.29, 0.717) is 0 Å². The second kappa shape index (κ2) is 5.11. The molecule has 0 amide bonds. The van der Waals surface area contributed by atoms with Crippen molar-refractivity contribution in [3.05, 3.63) is 72.6 Å². The molecule has 1 N–H and O–H groups in total. The summed E-state index contributed by atoms with van der Waals surface area (Å²) < 4.78 is 0. The van der Waals surface area contributed by atoms with E-state index in [1.807, 2.05) is 18.5 Å². The first-order valence-electron chi connectivity index (χ1n) is 6.49. The van der Waals surface area contributed by atoms with Gasteiger partial charge in [0.05, 0.1) is 0 Å². The van der Waals surface area contributed by atoms with Gasteiger partial charge in [0, 0.05) is 34.9 Å². The molecule has 1 aromatic heterocycles. The van der Waals surface area contributed by atoms with Gasteiger partial charge in [-0.1, -0.05) is 42.5 Å². The second-order valence-corrected chi connectivity index (χ2v) is 4.68. The Hall–Kier alpha value is -2.35. The van der Waals surface area contributed by atoms with Gasteiger partial charge in [0.1, 0.15) is 0 Å². The molecule has 0 saturated heterocycles. The van der Waals surface area contributed by atoms with Crippen LogP contribution < -0.4 is 5.32 Å². The smallest absolute Gasteiger partial charge is 0.0485 e. The van der Waals surface area contributed by atoms with E-state index in [2.05, 4.69) is 65.8 Å². The van der Waals surface area contributed by atoms with Gasteiger partial charge in [0.25, 0.3) is 0 Å². The summed E-state index contributed by atoms with van der Waals surface area (Å²) >= 11 is 0. The maximum atomic E-state index is 4.16. The first-order valence-corrected chi connectivity index (χ1v) is 6.49. The zero-order chi connectivity index (χ0) is 13.1. The standard InChI is InChI=1S/C17H16N2/c1-13(14-6-3-2-4-7-14)19-17-9-5-8-15-12-18-11-10-16(15)17/h2-13,19H,1H3. The van der Waals surface area contributed by atoms with Crippen LogP contribution in [0.25, 0.3) is 10.8 Å². The van der Waals surface area contributed by atoms with Crippen LogP contribution in [0.1, 0.15) is 18.5 Å². The van der Waals surface area contributed by atoms with E-state index < -0.39 is 0 Å². The van der Waals surface area contributed by atoms with E-state index in [9.17, 15) is 0 Å². The Morgan fingerprint density at radius 1 is 0.947 bits per heavy atom. The first-order chi connectivity index (χ1) is 9.34. The molecule has 3 aromatic rings. The van der Waals surface area contributed by atoms with Crippen LogP contribution in [-0.4, -0.2) is 4.98 Å². The Bertz CT molecular complexity index is 672. The van der Waals surface area contributed by atoms with Crippen molar-refractivity contribution in [3.8, 4) is 0 Å². The van der Waals surface area contributed by atoms with Gasteiger partial charge in [-0.3, -0.25) is 4.98 Å². The van der Waals surface area contributed by atoms with Crippen molar-refractivity contribution in [1.29, 1.82) is 0 Å². The highest BCUT2D eigenvalue weighted by molar-refractivity contribution is 5.93. The number of hydrogen-bond donors (Lipinski definition) is 1. The fourth-order valence-corrected chi connectivity index (χ4v) is 2.31. The number of pyridine rings is 1. The van der Waals surface area contributed by atoms with E-state index in [4.69, 9.17) is 0 Å². The Morgan fingerprint density at radius 2 is 1.79 bits per heavy atom. The average Bonchev–Trinajstić information content (AvgIpc) is 2.48. The molecule has 1 heterocycles. The fraction of sp³-hybridized carbons (Fsp3) is 0.118. The largest absolute Gasteiger partial charge is 0.378 e. The lowest BCUT2D eigenvalue weighted by Crippen LogP contribution is -2.06. The summed E-state index contributed by atoms with van der Waals surface area (Å²) in [6.07, 6.45) is 3.73. The number of hydrogen-bond acceptors (Lipinski definition) is 2. The molecule has 0 bridgehead atoms. The molecule has 0 spiro atoms. The molecule has 1 unspecified atom stereocenters. The highest BCUT2D eigenvalue weighted by Gasteiger charge is 2.06. The highest BCUT2D eigenvalue weighted by Crippen LogP contribution is 2.26. The zero-order valence-corrected chi connectivity index (χ0v) is 10.9. The Labute approximate surface area is 113 Å². The molecule has 2 aromatic carbocycles. The Kier molecular flexibility index (Phi) is 3.15. The van der Waals surface area contributed by atoms with Gasteiger partial charge >= 0.3 is 0 Å². The van der Waals surface area contributed by atoms with Crippen molar-refractivity contribution in [2.45, 2.75) is 13.0 Å². The molecular weight excluding hydrogens is 232 g/mol. The fourth-order valence-electron chi connectivity index (χ4n) is 2.31. The maximum Gasteiger partial charge on any atom is 0.0485 e. The normalized spacial score (nSPS) is 12.3. The molecule has 0 saturated carbocycles. The highest BCUT2D eigenvalue weighted by atomic mass is 14.9. The minimum Gasteiger partial charge on any atom is -0.378 e. The summed E-state index contributed by atoms with van der Waals surface area (Å²) in [7, 11) is 0. The predicted octanol–water partition coefficient (Wildman–Crippen LogP) is 4.41. The number of nitrogens with one attached hydrogen (secondary N) is 1. The van der Waals surface area contributed by atoms with E-state index in [0.717, 1.165) is 11.1 Å². The molecule has 19 heavy (non-hydrogen) atoms. The SMILES string of the molecule is CC(Nc1cccc2cnccc12)c1ccccc1. The second-order valence-electron chi connectivity index (χ2n) is 4.68. The number of anilines is 1. The average molecular weight is 248 g/mol. The molecular formula is C17H16N2. The lowest BCUT2D eigenvalue weighted by Gasteiger charge is -2.17. The van der Waals surface area contributed by atoms with Gasteiger partial charge in [-0.15, -0.1) is 0 Å². The summed E-state index contributed by atoms with van der Waals surface area (Å²) in [6, 6.07) is 19.1. The molecule has 0 fully saturated rings. The summed E-state index contributed by atoms with van der Waals surface area (Å²) in [5, 5.41) is 5.94. The topological polar surface area (TPSA) is 24.9 Å². The van der Waals surface area contributed by atoms with Gasteiger partial charge < -0.3 is 5.32 Å². The molecule has 0 aliphatic rings. The predicted molar refractivity (Wildman–Crippen MR) is 80.2 cm³/mol. The molecule has 0 aliphatic heterocycles. The third-order valence-corrected chi connectivity index (χ3v) is 3.35. The number of fused-ring (bicyclic) bond motifs is 1. The van der Waals surface area contributed by atoms with Crippen LogP contribution in [0.2, 0.25) is 0 Å². The van der Waals surface area contributed by atoms with Crippen molar-refractivity contribution < 1.29 is 0 Å². The van der Waals surface area contributed by atoms with Crippen molar-refractivity contribution in [1.82, 2.24) is 4.98 Å². The van der Waals surface area contributed by atoms with Crippen molar-refractivity contribution >= 4 is 16.5 Å². The van der Waals surface area contributed by atoms with Crippen LogP contribution in [-0.2, 0) is 0 Å². The third-order valence-electron chi connectivity index (χ3n) is 3.35. The van der Waals surface area contributed by atoms with Gasteiger partial charge in [-0.2, -0.15) is 0 Å². The van der Waals surface area contributed by atoms with E-state index in [-0.39, 0.29) is 6.04 Å².